The molecule has 0 amide bonds. The molecule has 19 heavy (non-hydrogen) atoms. The van der Waals surface area contributed by atoms with Crippen molar-refractivity contribution >= 4 is 23.4 Å². The molecule has 2 aromatic carbocycles. The van der Waals surface area contributed by atoms with Gasteiger partial charge in [0.25, 0.3) is 0 Å². The van der Waals surface area contributed by atoms with Gasteiger partial charge in [0, 0.05) is 16.5 Å². The van der Waals surface area contributed by atoms with E-state index in [1.807, 2.05) is 55.8 Å². The molecule has 4 heteroatoms. The van der Waals surface area contributed by atoms with Crippen LogP contribution in [0.25, 0.3) is 0 Å². The van der Waals surface area contributed by atoms with Crippen LogP contribution in [0.1, 0.15) is 5.56 Å². The molecule has 0 spiro atoms. The number of benzene rings is 2. The normalized spacial score (nSPS) is 10.5. The van der Waals surface area contributed by atoms with E-state index in [0.717, 1.165) is 28.5 Å². The van der Waals surface area contributed by atoms with E-state index >= 15 is 0 Å². The van der Waals surface area contributed by atoms with Crippen LogP contribution in [0.2, 0.25) is 5.02 Å². The lowest BCUT2D eigenvalue weighted by Crippen LogP contribution is -2.05. The molecule has 0 aliphatic heterocycles. The van der Waals surface area contributed by atoms with Crippen molar-refractivity contribution in [3.05, 3.63) is 53.1 Å². The summed E-state index contributed by atoms with van der Waals surface area (Å²) in [4.78, 5) is 1.11. The van der Waals surface area contributed by atoms with Crippen LogP contribution in [0.15, 0.2) is 47.4 Å². The quantitative estimate of drug-likeness (QED) is 0.816. The van der Waals surface area contributed by atoms with Crippen molar-refractivity contribution in [3.63, 3.8) is 0 Å². The Bertz CT molecular complexity index is 560. The van der Waals surface area contributed by atoms with E-state index in [0.29, 0.717) is 5.02 Å². The van der Waals surface area contributed by atoms with Crippen molar-refractivity contribution in [2.24, 2.45) is 0 Å². The lowest BCUT2D eigenvalue weighted by Gasteiger charge is -2.11. The highest BCUT2D eigenvalue weighted by Gasteiger charge is 2.06. The van der Waals surface area contributed by atoms with Crippen LogP contribution < -0.4 is 10.1 Å². The second-order valence-electron chi connectivity index (χ2n) is 4.04. The first-order valence-corrected chi connectivity index (χ1v) is 7.58. The first kappa shape index (κ1) is 14.3. The Labute approximate surface area is 123 Å². The van der Waals surface area contributed by atoms with Crippen molar-refractivity contribution in [1.29, 1.82) is 0 Å². The molecular weight excluding hydrogens is 278 g/mol. The van der Waals surface area contributed by atoms with Gasteiger partial charge in [0.1, 0.15) is 11.5 Å². The molecule has 0 heterocycles. The van der Waals surface area contributed by atoms with Gasteiger partial charge >= 0.3 is 0 Å². The summed E-state index contributed by atoms with van der Waals surface area (Å²) >= 11 is 7.89. The molecule has 2 nitrogen and oxygen atoms in total. The van der Waals surface area contributed by atoms with E-state index in [-0.39, 0.29) is 0 Å². The maximum absolute atomic E-state index is 6.22. The molecule has 0 saturated heterocycles. The third kappa shape index (κ3) is 3.66. The molecular formula is C15H16ClNOS. The molecule has 0 saturated carbocycles. The Balaban J connectivity index is 2.21. The van der Waals surface area contributed by atoms with Crippen molar-refractivity contribution in [3.8, 4) is 11.5 Å². The standard InChI is InChI=1S/C15H16ClNOS/c1-17-10-11-7-8-12(9-13(11)16)18-14-5-3-4-6-15(14)19-2/h3-9,17H,10H2,1-2H3. The minimum absolute atomic E-state index is 0.716. The number of halogens is 1. The maximum atomic E-state index is 6.22. The molecule has 1 N–H and O–H groups in total. The Morgan fingerprint density at radius 1 is 1.21 bits per heavy atom. The molecule has 0 unspecified atom stereocenters. The van der Waals surface area contributed by atoms with Crippen molar-refractivity contribution in [2.45, 2.75) is 11.4 Å². The molecule has 0 aliphatic carbocycles. The largest absolute Gasteiger partial charge is 0.456 e. The Morgan fingerprint density at radius 3 is 2.68 bits per heavy atom. The number of ether oxygens (including phenoxy) is 1. The summed E-state index contributed by atoms with van der Waals surface area (Å²) in [6.45, 7) is 0.751. The fraction of sp³-hybridized carbons (Fsp3) is 0.200. The van der Waals surface area contributed by atoms with Crippen LogP contribution in [0.3, 0.4) is 0 Å². The minimum atomic E-state index is 0.716. The van der Waals surface area contributed by atoms with E-state index in [1.54, 1.807) is 11.8 Å². The minimum Gasteiger partial charge on any atom is -0.456 e. The van der Waals surface area contributed by atoms with Crippen LogP contribution in [0.4, 0.5) is 0 Å². The number of hydrogen-bond acceptors (Lipinski definition) is 3. The van der Waals surface area contributed by atoms with Gasteiger partial charge in [-0.05, 0) is 43.1 Å². The fourth-order valence-corrected chi connectivity index (χ4v) is 2.52. The molecule has 0 aliphatic rings. The smallest absolute Gasteiger partial charge is 0.140 e. The Morgan fingerprint density at radius 2 is 2.00 bits per heavy atom. The van der Waals surface area contributed by atoms with Gasteiger partial charge in [-0.1, -0.05) is 29.8 Å². The average Bonchev–Trinajstić information content (AvgIpc) is 2.43. The number of para-hydroxylation sites is 1. The van der Waals surface area contributed by atoms with Gasteiger partial charge in [0.2, 0.25) is 0 Å². The van der Waals surface area contributed by atoms with E-state index in [1.165, 1.54) is 0 Å². The van der Waals surface area contributed by atoms with E-state index in [9.17, 15) is 0 Å². The summed E-state index contributed by atoms with van der Waals surface area (Å²) in [5, 5.41) is 3.80. The summed E-state index contributed by atoms with van der Waals surface area (Å²) in [6.07, 6.45) is 2.03. The van der Waals surface area contributed by atoms with Crippen LogP contribution in [-0.4, -0.2) is 13.3 Å². The predicted octanol–water partition coefficient (Wildman–Crippen LogP) is 4.57. The fourth-order valence-electron chi connectivity index (χ4n) is 1.76. The van der Waals surface area contributed by atoms with Crippen LogP contribution in [0, 0.1) is 0 Å². The third-order valence-electron chi connectivity index (χ3n) is 2.69. The van der Waals surface area contributed by atoms with Gasteiger partial charge in [0.15, 0.2) is 0 Å². The zero-order valence-corrected chi connectivity index (χ0v) is 12.5. The Hall–Kier alpha value is -1.16. The topological polar surface area (TPSA) is 21.3 Å². The maximum Gasteiger partial charge on any atom is 0.140 e. The van der Waals surface area contributed by atoms with E-state index in [4.69, 9.17) is 16.3 Å². The first-order chi connectivity index (χ1) is 9.24. The number of nitrogens with one attached hydrogen (secondary N) is 1. The highest BCUT2D eigenvalue weighted by molar-refractivity contribution is 7.98. The number of thioether (sulfide) groups is 1. The summed E-state index contributed by atoms with van der Waals surface area (Å²) < 4.78 is 5.89. The lowest BCUT2D eigenvalue weighted by atomic mass is 10.2. The molecule has 2 aromatic rings. The zero-order valence-electron chi connectivity index (χ0n) is 10.9. The van der Waals surface area contributed by atoms with Crippen LogP contribution in [-0.2, 0) is 6.54 Å². The Kier molecular flexibility index (Phi) is 5.14. The van der Waals surface area contributed by atoms with Gasteiger partial charge < -0.3 is 10.1 Å². The van der Waals surface area contributed by atoms with Crippen molar-refractivity contribution in [2.75, 3.05) is 13.3 Å². The summed E-state index contributed by atoms with van der Waals surface area (Å²) in [5.74, 6) is 1.61. The first-order valence-electron chi connectivity index (χ1n) is 5.98. The highest BCUT2D eigenvalue weighted by Crippen LogP contribution is 2.32. The number of hydrogen-bond donors (Lipinski definition) is 1. The molecule has 0 atom stereocenters. The predicted molar refractivity (Wildman–Crippen MR) is 82.5 cm³/mol. The second kappa shape index (κ2) is 6.85. The molecule has 0 fully saturated rings. The molecule has 0 bridgehead atoms. The van der Waals surface area contributed by atoms with Gasteiger partial charge in [-0.2, -0.15) is 0 Å². The van der Waals surface area contributed by atoms with Crippen LogP contribution in [0.5, 0.6) is 11.5 Å². The number of rotatable bonds is 5. The summed E-state index contributed by atoms with van der Waals surface area (Å²) in [6, 6.07) is 13.7. The van der Waals surface area contributed by atoms with Gasteiger partial charge in [0.05, 0.1) is 0 Å². The van der Waals surface area contributed by atoms with Gasteiger partial charge in [-0.25, -0.2) is 0 Å². The lowest BCUT2D eigenvalue weighted by molar-refractivity contribution is 0.471. The monoisotopic (exact) mass is 293 g/mol. The van der Waals surface area contributed by atoms with Crippen LogP contribution >= 0.6 is 23.4 Å². The third-order valence-corrected chi connectivity index (χ3v) is 3.82. The zero-order chi connectivity index (χ0) is 13.7. The molecule has 0 radical (unpaired) electrons. The molecule has 2 rings (SSSR count). The summed E-state index contributed by atoms with van der Waals surface area (Å²) in [5.41, 5.74) is 1.06. The molecule has 0 aromatic heterocycles. The SMILES string of the molecule is CNCc1ccc(Oc2ccccc2SC)cc1Cl. The van der Waals surface area contributed by atoms with Crippen molar-refractivity contribution in [1.82, 2.24) is 5.32 Å². The second-order valence-corrected chi connectivity index (χ2v) is 5.29. The van der Waals surface area contributed by atoms with Gasteiger partial charge in [-0.3, -0.25) is 0 Å². The van der Waals surface area contributed by atoms with E-state index in [2.05, 4.69) is 5.32 Å². The van der Waals surface area contributed by atoms with Gasteiger partial charge in [-0.15, -0.1) is 11.8 Å². The molecule has 100 valence electrons. The highest BCUT2D eigenvalue weighted by atomic mass is 35.5. The summed E-state index contributed by atoms with van der Waals surface area (Å²) in [7, 11) is 1.90. The van der Waals surface area contributed by atoms with Crippen molar-refractivity contribution < 1.29 is 4.74 Å². The van der Waals surface area contributed by atoms with E-state index < -0.39 is 0 Å². The average molecular weight is 294 g/mol.